The van der Waals surface area contributed by atoms with E-state index in [2.05, 4.69) is 11.9 Å². The summed E-state index contributed by atoms with van der Waals surface area (Å²) in [5.41, 5.74) is 3.70. The molecule has 1 saturated heterocycles. The van der Waals surface area contributed by atoms with Crippen LogP contribution in [0.4, 0.5) is 4.79 Å². The molecule has 5 atom stereocenters. The molecule has 0 bridgehead atoms. The minimum absolute atomic E-state index is 0.0114. The van der Waals surface area contributed by atoms with E-state index in [1.54, 1.807) is 7.11 Å². The predicted octanol–water partition coefficient (Wildman–Crippen LogP) is -1.47. The topological polar surface area (TPSA) is 164 Å². The zero-order valence-electron chi connectivity index (χ0n) is 16.7. The molecule has 11 heteroatoms. The van der Waals surface area contributed by atoms with E-state index < -0.39 is 54.4 Å². The molecule has 0 saturated carbocycles. The Bertz CT molecular complexity index is 682. The maximum atomic E-state index is 12.6. The molecule has 29 heavy (non-hydrogen) atoms. The van der Waals surface area contributed by atoms with Crippen LogP contribution >= 0.6 is 0 Å². The quantitative estimate of drug-likeness (QED) is 0.298. The summed E-state index contributed by atoms with van der Waals surface area (Å²) in [6, 6.07) is -0.859. The summed E-state index contributed by atoms with van der Waals surface area (Å²) in [6.07, 6.45) is -2.38. The number of esters is 1. The van der Waals surface area contributed by atoms with Crippen LogP contribution in [0.3, 0.4) is 0 Å². The van der Waals surface area contributed by atoms with E-state index in [1.807, 2.05) is 13.8 Å². The molecule has 2 heterocycles. The van der Waals surface area contributed by atoms with E-state index >= 15 is 0 Å². The molecule has 2 amide bonds. The Morgan fingerprint density at radius 3 is 2.66 bits per heavy atom. The second kappa shape index (κ2) is 8.78. The van der Waals surface area contributed by atoms with Gasteiger partial charge >= 0.3 is 12.0 Å². The minimum atomic E-state index is -1.99. The fourth-order valence-corrected chi connectivity index (χ4v) is 2.90. The number of nitrogens with two attached hydrogens (primary N) is 1. The molecule has 2 rings (SSSR count). The van der Waals surface area contributed by atoms with Crippen LogP contribution in [0.25, 0.3) is 0 Å². The number of nitrogens with zero attached hydrogens (tertiary/aromatic N) is 1. The molecule has 0 aliphatic carbocycles. The Labute approximate surface area is 168 Å². The van der Waals surface area contributed by atoms with Gasteiger partial charge in [-0.15, -0.1) is 0 Å². The number of carbonyl (C=O) groups is 2. The van der Waals surface area contributed by atoms with Crippen LogP contribution < -0.4 is 11.1 Å². The summed E-state index contributed by atoms with van der Waals surface area (Å²) < 4.78 is 15.8. The van der Waals surface area contributed by atoms with E-state index in [1.165, 1.54) is 12.3 Å². The molecule has 1 unspecified atom stereocenters. The van der Waals surface area contributed by atoms with Crippen molar-refractivity contribution >= 4 is 12.0 Å². The number of ether oxygens (including phenoxy) is 3. The first-order chi connectivity index (χ1) is 13.5. The van der Waals surface area contributed by atoms with Crippen molar-refractivity contribution in [3.05, 3.63) is 24.4 Å². The molecule has 0 aromatic rings. The third-order valence-corrected chi connectivity index (χ3v) is 5.10. The summed E-state index contributed by atoms with van der Waals surface area (Å²) in [6.45, 7) is 6.72. The molecule has 2 aliphatic heterocycles. The molecular weight excluding hydrogens is 386 g/mol. The molecule has 1 fully saturated rings. The van der Waals surface area contributed by atoms with Gasteiger partial charge in [0.1, 0.15) is 18.3 Å². The molecule has 11 nitrogen and oxygen atoms in total. The molecule has 6 N–H and O–H groups in total. The number of methoxy groups -OCH3 is 1. The third kappa shape index (κ3) is 4.60. The van der Waals surface area contributed by atoms with Gasteiger partial charge < -0.3 is 34.8 Å². The second-order valence-electron chi connectivity index (χ2n) is 7.51. The van der Waals surface area contributed by atoms with E-state index in [-0.39, 0.29) is 12.2 Å². The number of nitrogens with one attached hydrogen (secondary N) is 1. The first kappa shape index (κ1) is 23.3. The van der Waals surface area contributed by atoms with Gasteiger partial charge in [-0.1, -0.05) is 12.7 Å². The van der Waals surface area contributed by atoms with Gasteiger partial charge in [-0.2, -0.15) is 0 Å². The summed E-state index contributed by atoms with van der Waals surface area (Å²) in [4.78, 5) is 26.1. The van der Waals surface area contributed by atoms with Crippen molar-refractivity contribution in [3.8, 4) is 0 Å². The van der Waals surface area contributed by atoms with Crippen molar-refractivity contribution in [2.45, 2.75) is 56.1 Å². The van der Waals surface area contributed by atoms with Gasteiger partial charge in [0, 0.05) is 25.3 Å². The summed E-state index contributed by atoms with van der Waals surface area (Å²) in [5.74, 6) is -0.898. The van der Waals surface area contributed by atoms with Gasteiger partial charge in [0.05, 0.1) is 18.8 Å². The molecular formula is C18H29N3O8. The lowest BCUT2D eigenvalue weighted by Crippen LogP contribution is -2.68. The van der Waals surface area contributed by atoms with E-state index in [0.29, 0.717) is 6.42 Å². The average Bonchev–Trinajstić information content (AvgIpc) is 2.96. The van der Waals surface area contributed by atoms with Crippen molar-refractivity contribution in [2.24, 2.45) is 5.73 Å². The Balaban J connectivity index is 2.18. The number of amides is 2. The van der Waals surface area contributed by atoms with Gasteiger partial charge in [0.15, 0.2) is 6.23 Å². The van der Waals surface area contributed by atoms with Crippen molar-refractivity contribution in [2.75, 3.05) is 20.3 Å². The molecule has 164 valence electrons. The maximum absolute atomic E-state index is 12.6. The van der Waals surface area contributed by atoms with Crippen LogP contribution in [0.1, 0.15) is 20.3 Å². The number of aliphatic hydroxyl groups excluding tert-OH is 3. The number of aliphatic hydroxyl groups is 3. The first-order valence-corrected chi connectivity index (χ1v) is 9.09. The average molecular weight is 415 g/mol. The normalized spacial score (nSPS) is 32.6. The van der Waals surface area contributed by atoms with Gasteiger partial charge in [-0.25, -0.2) is 9.59 Å². The molecule has 2 aliphatic rings. The zero-order valence-corrected chi connectivity index (χ0v) is 16.7. The molecule has 0 radical (unpaired) electrons. The monoisotopic (exact) mass is 415 g/mol. The van der Waals surface area contributed by atoms with Crippen molar-refractivity contribution in [3.63, 3.8) is 0 Å². The van der Waals surface area contributed by atoms with Crippen LogP contribution in [0.2, 0.25) is 0 Å². The Morgan fingerprint density at radius 1 is 1.48 bits per heavy atom. The Hall–Kier alpha value is -2.02. The largest absolute Gasteiger partial charge is 0.463 e. The molecule has 0 aromatic carbocycles. The lowest BCUT2D eigenvalue weighted by atomic mass is 9.98. The standard InChI is InChI=1S/C18H29N3O8/c1-5-10-8-21(14-13(24)12(23)11(9-22)29-14)16(26)20-18(10,19)15(25)28-7-6-17(2,3)27-4/h5,8,11-14,22-24H,1,6-7,9,19H2,2-4H3,(H,20,26)/t11-,12-,13-,14-,18?/m1/s1. The van der Waals surface area contributed by atoms with Crippen LogP contribution in [-0.4, -0.2) is 88.3 Å². The lowest BCUT2D eigenvalue weighted by molar-refractivity contribution is -0.151. The maximum Gasteiger partial charge on any atom is 0.351 e. The summed E-state index contributed by atoms with van der Waals surface area (Å²) >= 11 is 0. The van der Waals surface area contributed by atoms with E-state index in [9.17, 15) is 24.9 Å². The summed E-state index contributed by atoms with van der Waals surface area (Å²) in [7, 11) is 1.54. The summed E-state index contributed by atoms with van der Waals surface area (Å²) in [5, 5.41) is 31.6. The van der Waals surface area contributed by atoms with Crippen molar-refractivity contribution < 1.29 is 39.1 Å². The fraction of sp³-hybridized carbons (Fsp3) is 0.667. The smallest absolute Gasteiger partial charge is 0.351 e. The van der Waals surface area contributed by atoms with Gasteiger partial charge in [0.2, 0.25) is 5.66 Å². The first-order valence-electron chi connectivity index (χ1n) is 9.09. The predicted molar refractivity (Wildman–Crippen MR) is 100.0 cm³/mol. The lowest BCUT2D eigenvalue weighted by Gasteiger charge is -2.39. The van der Waals surface area contributed by atoms with Gasteiger partial charge in [-0.05, 0) is 13.8 Å². The number of carbonyl (C=O) groups excluding carboxylic acids is 2. The molecule has 0 aromatic heterocycles. The van der Waals surface area contributed by atoms with Crippen molar-refractivity contribution in [1.29, 1.82) is 0 Å². The number of rotatable bonds is 8. The second-order valence-corrected chi connectivity index (χ2v) is 7.51. The van der Waals surface area contributed by atoms with Crippen molar-refractivity contribution in [1.82, 2.24) is 10.2 Å². The van der Waals surface area contributed by atoms with Gasteiger partial charge in [-0.3, -0.25) is 10.6 Å². The fourth-order valence-electron chi connectivity index (χ4n) is 2.90. The highest BCUT2D eigenvalue weighted by atomic mass is 16.6. The number of hydrogen-bond acceptors (Lipinski definition) is 9. The highest BCUT2D eigenvalue weighted by molar-refractivity contribution is 5.93. The number of hydrogen-bond donors (Lipinski definition) is 5. The van der Waals surface area contributed by atoms with Gasteiger partial charge in [0.25, 0.3) is 0 Å². The highest BCUT2D eigenvalue weighted by Crippen LogP contribution is 2.29. The van der Waals surface area contributed by atoms with E-state index in [0.717, 1.165) is 4.90 Å². The van der Waals surface area contributed by atoms with Crippen LogP contribution in [0.15, 0.2) is 24.4 Å². The third-order valence-electron chi connectivity index (χ3n) is 5.10. The minimum Gasteiger partial charge on any atom is -0.463 e. The zero-order chi connectivity index (χ0) is 22.0. The number of urea groups is 1. The highest BCUT2D eigenvalue weighted by Gasteiger charge is 2.51. The van der Waals surface area contributed by atoms with Crippen LogP contribution in [0.5, 0.6) is 0 Å². The molecule has 0 spiro atoms. The Kier molecular flexibility index (Phi) is 7.04. The van der Waals surface area contributed by atoms with Crippen LogP contribution in [-0.2, 0) is 19.0 Å². The van der Waals surface area contributed by atoms with E-state index in [4.69, 9.17) is 19.9 Å². The van der Waals surface area contributed by atoms with Crippen LogP contribution in [0, 0.1) is 0 Å². The Morgan fingerprint density at radius 2 is 2.14 bits per heavy atom. The SMILES string of the molecule is C=CC1=CN([C@@H]2O[C@H](CO)[C@@H](O)[C@H]2O)C(=O)NC1(N)C(=O)OCCC(C)(C)OC.